The molecule has 140 valence electrons. The quantitative estimate of drug-likeness (QED) is 0.595. The fourth-order valence-corrected chi connectivity index (χ4v) is 3.67. The molecule has 0 atom stereocenters. The summed E-state index contributed by atoms with van der Waals surface area (Å²) in [6, 6.07) is 9.10. The van der Waals surface area contributed by atoms with Crippen LogP contribution in [-0.4, -0.2) is 24.5 Å². The number of hydrogen-bond donors (Lipinski definition) is 2. The molecule has 0 bridgehead atoms. The number of rotatable bonds is 6. The van der Waals surface area contributed by atoms with Crippen molar-refractivity contribution in [2.75, 3.05) is 10.0 Å². The average molecular weight is 451 g/mol. The minimum absolute atomic E-state index is 0.0392. The molecule has 2 heterocycles. The zero-order valence-electron chi connectivity index (χ0n) is 14.1. The third kappa shape index (κ3) is 5.14. The van der Waals surface area contributed by atoms with E-state index in [1.165, 1.54) is 30.3 Å². The summed E-state index contributed by atoms with van der Waals surface area (Å²) in [6.07, 6.45) is 3.39. The monoisotopic (exact) mass is 450 g/mol. The maximum absolute atomic E-state index is 12.3. The highest BCUT2D eigenvalue weighted by atomic mass is 79.9. The van der Waals surface area contributed by atoms with Gasteiger partial charge >= 0.3 is 0 Å². The summed E-state index contributed by atoms with van der Waals surface area (Å²) in [7, 11) is -3.80. The van der Waals surface area contributed by atoms with Crippen LogP contribution >= 0.6 is 15.9 Å². The Labute approximate surface area is 164 Å². The predicted octanol–water partition coefficient (Wildman–Crippen LogP) is 3.12. The van der Waals surface area contributed by atoms with Crippen molar-refractivity contribution in [1.29, 1.82) is 0 Å². The Morgan fingerprint density at radius 1 is 1.19 bits per heavy atom. The Morgan fingerprint density at radius 2 is 1.93 bits per heavy atom. The standard InChI is InChI=1S/C17H15BrN4O4S/c1-11-6-16(21-26-11)22-27(24,25)15-4-2-14(3-5-15)20-17(23)8-12-7-13(18)10-19-9-12/h2-7,9-10H,8H2,1H3,(H,20,23)(H,21,22). The number of halogens is 1. The second kappa shape index (κ2) is 7.89. The van der Waals surface area contributed by atoms with Crippen molar-refractivity contribution in [3.8, 4) is 0 Å². The van der Waals surface area contributed by atoms with Gasteiger partial charge in [-0.15, -0.1) is 0 Å². The molecule has 3 aromatic rings. The number of amides is 1. The smallest absolute Gasteiger partial charge is 0.263 e. The van der Waals surface area contributed by atoms with Gasteiger partial charge in [-0.05, 0) is 58.7 Å². The number of anilines is 2. The number of hydrogen-bond acceptors (Lipinski definition) is 6. The molecular weight excluding hydrogens is 436 g/mol. The molecule has 8 nitrogen and oxygen atoms in total. The molecule has 0 aliphatic heterocycles. The Morgan fingerprint density at radius 3 is 2.56 bits per heavy atom. The molecule has 3 rings (SSSR count). The summed E-state index contributed by atoms with van der Waals surface area (Å²) >= 11 is 3.30. The summed E-state index contributed by atoms with van der Waals surface area (Å²) in [5, 5.41) is 6.32. The first kappa shape index (κ1) is 19.1. The molecule has 0 fully saturated rings. The molecular formula is C17H15BrN4O4S. The summed E-state index contributed by atoms with van der Waals surface area (Å²) in [5.41, 5.74) is 1.24. The fraction of sp³-hybridized carbons (Fsp3) is 0.118. The van der Waals surface area contributed by atoms with Crippen molar-refractivity contribution in [3.63, 3.8) is 0 Å². The first-order valence-electron chi connectivity index (χ1n) is 7.77. The molecule has 0 aliphatic carbocycles. The summed E-state index contributed by atoms with van der Waals surface area (Å²) in [6.45, 7) is 1.66. The van der Waals surface area contributed by atoms with E-state index < -0.39 is 10.0 Å². The molecule has 0 spiro atoms. The van der Waals surface area contributed by atoms with E-state index in [1.54, 1.807) is 25.4 Å². The number of aromatic nitrogens is 2. The maximum atomic E-state index is 12.3. The van der Waals surface area contributed by atoms with E-state index in [0.29, 0.717) is 11.4 Å². The zero-order chi connectivity index (χ0) is 19.4. The van der Waals surface area contributed by atoms with Crippen LogP contribution < -0.4 is 10.0 Å². The van der Waals surface area contributed by atoms with Gasteiger partial charge in [0.2, 0.25) is 5.91 Å². The van der Waals surface area contributed by atoms with Gasteiger partial charge in [-0.1, -0.05) is 5.16 Å². The van der Waals surface area contributed by atoms with E-state index in [-0.39, 0.29) is 23.0 Å². The molecule has 0 saturated carbocycles. The third-order valence-electron chi connectivity index (χ3n) is 3.44. The highest BCUT2D eigenvalue weighted by Gasteiger charge is 2.16. The zero-order valence-corrected chi connectivity index (χ0v) is 16.5. The number of nitrogens with one attached hydrogen (secondary N) is 2. The van der Waals surface area contributed by atoms with Gasteiger partial charge < -0.3 is 9.84 Å². The molecule has 0 radical (unpaired) electrons. The van der Waals surface area contributed by atoms with Crippen LogP contribution in [0, 0.1) is 6.92 Å². The number of aryl methyl sites for hydroxylation is 1. The molecule has 27 heavy (non-hydrogen) atoms. The Bertz CT molecular complexity index is 1060. The minimum Gasteiger partial charge on any atom is -0.360 e. The average Bonchev–Trinajstić information content (AvgIpc) is 2.99. The second-order valence-corrected chi connectivity index (χ2v) is 8.29. The number of carbonyl (C=O) groups is 1. The fourth-order valence-electron chi connectivity index (χ4n) is 2.27. The van der Waals surface area contributed by atoms with Gasteiger partial charge in [0.25, 0.3) is 10.0 Å². The molecule has 2 aromatic heterocycles. The molecule has 1 aromatic carbocycles. The van der Waals surface area contributed by atoms with E-state index in [0.717, 1.165) is 10.0 Å². The van der Waals surface area contributed by atoms with Crippen molar-refractivity contribution in [2.45, 2.75) is 18.2 Å². The first-order chi connectivity index (χ1) is 12.8. The van der Waals surface area contributed by atoms with E-state index in [9.17, 15) is 13.2 Å². The molecule has 2 N–H and O–H groups in total. The SMILES string of the molecule is Cc1cc(NS(=O)(=O)c2ccc(NC(=O)Cc3cncc(Br)c3)cc2)no1. The highest BCUT2D eigenvalue weighted by molar-refractivity contribution is 9.10. The van der Waals surface area contributed by atoms with Gasteiger partial charge in [0.1, 0.15) is 5.76 Å². The van der Waals surface area contributed by atoms with Crippen LogP contribution in [0.4, 0.5) is 11.5 Å². The Kier molecular flexibility index (Phi) is 5.57. The van der Waals surface area contributed by atoms with Gasteiger partial charge in [-0.3, -0.25) is 14.5 Å². The van der Waals surface area contributed by atoms with Crippen molar-refractivity contribution < 1.29 is 17.7 Å². The van der Waals surface area contributed by atoms with Gasteiger partial charge in [-0.2, -0.15) is 0 Å². The first-order valence-corrected chi connectivity index (χ1v) is 10.0. The van der Waals surface area contributed by atoms with Crippen LogP contribution in [0.3, 0.4) is 0 Å². The minimum atomic E-state index is -3.80. The number of pyridine rings is 1. The van der Waals surface area contributed by atoms with Crippen molar-refractivity contribution in [3.05, 3.63) is 64.6 Å². The second-order valence-electron chi connectivity index (χ2n) is 5.69. The maximum Gasteiger partial charge on any atom is 0.263 e. The van der Waals surface area contributed by atoms with Crippen molar-refractivity contribution >= 4 is 43.4 Å². The molecule has 0 unspecified atom stereocenters. The highest BCUT2D eigenvalue weighted by Crippen LogP contribution is 2.18. The molecule has 0 saturated heterocycles. The van der Waals surface area contributed by atoms with Crippen LogP contribution in [0.25, 0.3) is 0 Å². The lowest BCUT2D eigenvalue weighted by atomic mass is 10.2. The van der Waals surface area contributed by atoms with Crippen molar-refractivity contribution in [1.82, 2.24) is 10.1 Å². The lowest BCUT2D eigenvalue weighted by Crippen LogP contribution is -2.15. The van der Waals surface area contributed by atoms with E-state index in [2.05, 4.69) is 36.1 Å². The molecule has 1 amide bonds. The van der Waals surface area contributed by atoms with Crippen molar-refractivity contribution in [2.24, 2.45) is 0 Å². The van der Waals surface area contributed by atoms with Gasteiger partial charge in [0.15, 0.2) is 5.82 Å². The van der Waals surface area contributed by atoms with E-state index in [4.69, 9.17) is 4.52 Å². The van der Waals surface area contributed by atoms with Crippen LogP contribution in [-0.2, 0) is 21.2 Å². The van der Waals surface area contributed by atoms with Crippen LogP contribution in [0.2, 0.25) is 0 Å². The lowest BCUT2D eigenvalue weighted by Gasteiger charge is -2.08. The van der Waals surface area contributed by atoms with Gasteiger partial charge in [-0.25, -0.2) is 8.42 Å². The predicted molar refractivity (Wildman–Crippen MR) is 103 cm³/mol. The Balaban J connectivity index is 1.65. The van der Waals surface area contributed by atoms with Crippen LogP contribution in [0.1, 0.15) is 11.3 Å². The molecule has 10 heteroatoms. The van der Waals surface area contributed by atoms with E-state index >= 15 is 0 Å². The third-order valence-corrected chi connectivity index (χ3v) is 5.25. The lowest BCUT2D eigenvalue weighted by molar-refractivity contribution is -0.115. The van der Waals surface area contributed by atoms with Crippen LogP contribution in [0.5, 0.6) is 0 Å². The number of sulfonamides is 1. The molecule has 0 aliphatic rings. The Hall–Kier alpha value is -2.72. The van der Waals surface area contributed by atoms with Crippen LogP contribution in [0.15, 0.2) is 62.7 Å². The summed E-state index contributed by atoms with van der Waals surface area (Å²) in [5.74, 6) is 0.362. The van der Waals surface area contributed by atoms with Gasteiger partial charge in [0.05, 0.1) is 11.3 Å². The number of nitrogens with zero attached hydrogens (tertiary/aromatic N) is 2. The number of benzene rings is 1. The number of carbonyl (C=O) groups excluding carboxylic acids is 1. The largest absolute Gasteiger partial charge is 0.360 e. The summed E-state index contributed by atoms with van der Waals surface area (Å²) in [4.78, 5) is 16.2. The normalized spacial score (nSPS) is 11.2. The topological polar surface area (TPSA) is 114 Å². The van der Waals surface area contributed by atoms with Gasteiger partial charge in [0, 0.05) is 28.6 Å². The van der Waals surface area contributed by atoms with E-state index in [1.807, 2.05) is 0 Å². The summed E-state index contributed by atoms with van der Waals surface area (Å²) < 4.78 is 32.6.